The third-order valence-corrected chi connectivity index (χ3v) is 4.51. The number of allylic oxidation sites excluding steroid dienone is 3. The predicted molar refractivity (Wildman–Crippen MR) is 113 cm³/mol. The number of rotatable bonds is 5. The Balaban J connectivity index is 1.47. The van der Waals surface area contributed by atoms with E-state index < -0.39 is 5.97 Å². The van der Waals surface area contributed by atoms with Crippen LogP contribution in [0.3, 0.4) is 0 Å². The van der Waals surface area contributed by atoms with Crippen LogP contribution in [0, 0.1) is 0 Å². The van der Waals surface area contributed by atoms with Crippen molar-refractivity contribution in [2.75, 3.05) is 7.11 Å². The fourth-order valence-corrected chi connectivity index (χ4v) is 2.95. The average molecular weight is 398 g/mol. The van der Waals surface area contributed by atoms with Gasteiger partial charge in [0.25, 0.3) is 0 Å². The van der Waals surface area contributed by atoms with Gasteiger partial charge in [0.05, 0.1) is 18.2 Å². The Labute approximate surface area is 173 Å². The predicted octanol–water partition coefficient (Wildman–Crippen LogP) is 5.09. The second-order valence-corrected chi connectivity index (χ2v) is 6.51. The van der Waals surface area contributed by atoms with E-state index in [0.717, 1.165) is 5.56 Å². The third kappa shape index (κ3) is 4.15. The van der Waals surface area contributed by atoms with Crippen LogP contribution < -0.4 is 14.2 Å². The van der Waals surface area contributed by atoms with Gasteiger partial charge in [-0.1, -0.05) is 42.5 Å². The number of fused-ring (bicyclic) bond motifs is 1. The number of hydrogen-bond acceptors (Lipinski definition) is 5. The van der Waals surface area contributed by atoms with Crippen molar-refractivity contribution >= 4 is 17.8 Å². The fourth-order valence-electron chi connectivity index (χ4n) is 2.95. The van der Waals surface area contributed by atoms with E-state index >= 15 is 0 Å². The van der Waals surface area contributed by atoms with Crippen molar-refractivity contribution in [3.63, 3.8) is 0 Å². The summed E-state index contributed by atoms with van der Waals surface area (Å²) in [6.07, 6.45) is 5.27. The van der Waals surface area contributed by atoms with Crippen molar-refractivity contribution in [2.45, 2.75) is 0 Å². The molecule has 0 aliphatic carbocycles. The molecule has 0 spiro atoms. The van der Waals surface area contributed by atoms with Gasteiger partial charge in [-0.15, -0.1) is 0 Å². The highest BCUT2D eigenvalue weighted by Crippen LogP contribution is 2.34. The van der Waals surface area contributed by atoms with E-state index in [9.17, 15) is 9.59 Å². The molecule has 5 nitrogen and oxygen atoms in total. The van der Waals surface area contributed by atoms with Crippen LogP contribution in [-0.4, -0.2) is 18.9 Å². The quantitative estimate of drug-likeness (QED) is 0.340. The first-order valence-corrected chi connectivity index (χ1v) is 9.30. The lowest BCUT2D eigenvalue weighted by atomic mass is 10.1. The number of carbonyl (C=O) groups excluding carboxylic acids is 2. The second-order valence-electron chi connectivity index (χ2n) is 6.51. The summed E-state index contributed by atoms with van der Waals surface area (Å²) in [5.74, 6) is 0.800. The van der Waals surface area contributed by atoms with Gasteiger partial charge in [-0.05, 0) is 48.0 Å². The van der Waals surface area contributed by atoms with Gasteiger partial charge in [0.15, 0.2) is 5.76 Å². The van der Waals surface area contributed by atoms with Crippen molar-refractivity contribution in [3.05, 3.63) is 107 Å². The topological polar surface area (TPSA) is 61.8 Å². The number of ether oxygens (including phenoxy) is 3. The molecule has 0 atom stereocenters. The van der Waals surface area contributed by atoms with Gasteiger partial charge in [0, 0.05) is 6.07 Å². The van der Waals surface area contributed by atoms with Gasteiger partial charge in [-0.25, -0.2) is 4.79 Å². The lowest BCUT2D eigenvalue weighted by Gasteiger charge is -2.06. The number of ketones is 1. The van der Waals surface area contributed by atoms with Crippen LogP contribution in [0.4, 0.5) is 0 Å². The van der Waals surface area contributed by atoms with Gasteiger partial charge >= 0.3 is 5.97 Å². The molecule has 1 heterocycles. The zero-order valence-corrected chi connectivity index (χ0v) is 16.2. The largest absolute Gasteiger partial charge is 0.497 e. The van der Waals surface area contributed by atoms with E-state index in [-0.39, 0.29) is 11.5 Å². The first-order chi connectivity index (χ1) is 14.6. The molecule has 3 aromatic carbocycles. The maximum atomic E-state index is 12.5. The summed E-state index contributed by atoms with van der Waals surface area (Å²) in [5, 5.41) is 0. The number of Topliss-reactive ketones (excluding diaryl/α,β-unsaturated/α-hetero) is 1. The number of benzene rings is 3. The minimum Gasteiger partial charge on any atom is -0.497 e. The lowest BCUT2D eigenvalue weighted by Crippen LogP contribution is -2.08. The minimum atomic E-state index is -0.511. The van der Waals surface area contributed by atoms with Gasteiger partial charge < -0.3 is 14.2 Å². The summed E-state index contributed by atoms with van der Waals surface area (Å²) in [6.45, 7) is 0. The van der Waals surface area contributed by atoms with Crippen LogP contribution in [0.15, 0.2) is 90.7 Å². The highest BCUT2D eigenvalue weighted by atomic mass is 16.5. The zero-order chi connectivity index (χ0) is 20.9. The Hall–Kier alpha value is -4.12. The fraction of sp³-hybridized carbons (Fsp3) is 0.0400. The molecule has 0 amide bonds. The first-order valence-electron chi connectivity index (χ1n) is 9.30. The van der Waals surface area contributed by atoms with E-state index in [0.29, 0.717) is 28.4 Å². The highest BCUT2D eigenvalue weighted by Gasteiger charge is 2.27. The highest BCUT2D eigenvalue weighted by molar-refractivity contribution is 6.12. The first kappa shape index (κ1) is 19.2. The number of carbonyl (C=O) groups is 2. The summed E-state index contributed by atoms with van der Waals surface area (Å²) in [4.78, 5) is 24.8. The number of hydrogen-bond donors (Lipinski definition) is 0. The Morgan fingerprint density at radius 2 is 1.67 bits per heavy atom. The molecule has 1 aliphatic heterocycles. The average Bonchev–Trinajstić information content (AvgIpc) is 3.09. The molecule has 1 aliphatic rings. The molecule has 0 bridgehead atoms. The summed E-state index contributed by atoms with van der Waals surface area (Å²) >= 11 is 0. The van der Waals surface area contributed by atoms with E-state index in [2.05, 4.69) is 0 Å². The maximum absolute atomic E-state index is 12.5. The lowest BCUT2D eigenvalue weighted by molar-refractivity contribution is 0.0734. The van der Waals surface area contributed by atoms with Crippen LogP contribution in [0.2, 0.25) is 0 Å². The summed E-state index contributed by atoms with van der Waals surface area (Å²) in [6, 6.07) is 21.1. The van der Waals surface area contributed by atoms with E-state index in [1.807, 2.05) is 36.4 Å². The Morgan fingerprint density at radius 3 is 2.40 bits per heavy atom. The van der Waals surface area contributed by atoms with Gasteiger partial charge in [0.1, 0.15) is 17.2 Å². The van der Waals surface area contributed by atoms with Crippen LogP contribution in [0.5, 0.6) is 17.2 Å². The smallest absolute Gasteiger partial charge is 0.343 e. The van der Waals surface area contributed by atoms with Crippen molar-refractivity contribution < 1.29 is 23.8 Å². The van der Waals surface area contributed by atoms with Crippen LogP contribution in [0.1, 0.15) is 26.3 Å². The molecule has 5 heteroatoms. The summed E-state index contributed by atoms with van der Waals surface area (Å²) < 4.78 is 16.2. The van der Waals surface area contributed by atoms with Crippen molar-refractivity contribution in [2.24, 2.45) is 0 Å². The summed E-state index contributed by atoms with van der Waals surface area (Å²) in [5.41, 5.74) is 1.84. The van der Waals surface area contributed by atoms with Gasteiger partial charge in [0.2, 0.25) is 5.78 Å². The standard InChI is InChI=1S/C25H18O5/c1-28-19-12-10-18(11-13-19)25(27)29-20-14-15-21-23(16-20)30-22(24(21)26)9-5-8-17-6-3-2-4-7-17/h2-16H,1H3. The normalized spacial score (nSPS) is 13.9. The minimum absolute atomic E-state index is 0.212. The van der Waals surface area contributed by atoms with Crippen molar-refractivity contribution in [1.29, 1.82) is 0 Å². The Kier molecular flexibility index (Phi) is 5.44. The van der Waals surface area contributed by atoms with E-state index in [1.54, 1.807) is 55.7 Å². The molecule has 0 unspecified atom stereocenters. The van der Waals surface area contributed by atoms with Gasteiger partial charge in [-0.3, -0.25) is 4.79 Å². The zero-order valence-electron chi connectivity index (χ0n) is 16.2. The monoisotopic (exact) mass is 398 g/mol. The molecule has 0 radical (unpaired) electrons. The molecule has 3 aromatic rings. The van der Waals surface area contributed by atoms with Crippen LogP contribution >= 0.6 is 0 Å². The van der Waals surface area contributed by atoms with Crippen molar-refractivity contribution in [1.82, 2.24) is 0 Å². The Bertz CT molecular complexity index is 1140. The molecule has 4 rings (SSSR count). The molecule has 0 saturated carbocycles. The van der Waals surface area contributed by atoms with Crippen LogP contribution in [0.25, 0.3) is 6.08 Å². The summed E-state index contributed by atoms with van der Waals surface area (Å²) in [7, 11) is 1.55. The molecule has 30 heavy (non-hydrogen) atoms. The second kappa shape index (κ2) is 8.49. The molecular weight excluding hydrogens is 380 g/mol. The SMILES string of the molecule is COc1ccc(C(=O)Oc2ccc3c(c2)OC(=CC=Cc2ccccc2)C3=O)cc1. The number of methoxy groups -OCH3 is 1. The number of esters is 1. The van der Waals surface area contributed by atoms with Gasteiger partial charge in [-0.2, -0.15) is 0 Å². The molecule has 148 valence electrons. The third-order valence-electron chi connectivity index (χ3n) is 4.51. The van der Waals surface area contributed by atoms with E-state index in [4.69, 9.17) is 14.2 Å². The molecule has 0 saturated heterocycles. The molecule has 0 N–H and O–H groups in total. The maximum Gasteiger partial charge on any atom is 0.343 e. The van der Waals surface area contributed by atoms with Crippen molar-refractivity contribution in [3.8, 4) is 17.2 Å². The Morgan fingerprint density at radius 1 is 0.933 bits per heavy atom. The molecule has 0 fully saturated rings. The molecular formula is C25H18O5. The van der Waals surface area contributed by atoms with E-state index in [1.165, 1.54) is 6.07 Å². The molecule has 0 aromatic heterocycles. The van der Waals surface area contributed by atoms with Crippen LogP contribution in [-0.2, 0) is 0 Å².